The number of nitrogens with zero attached hydrogens (tertiary/aromatic N) is 1. The molecule has 46 valence electrons. The van der Waals surface area contributed by atoms with Crippen LogP contribution in [0, 0.1) is 0 Å². The van der Waals surface area contributed by atoms with Gasteiger partial charge in [-0.25, -0.2) is 0 Å². The third kappa shape index (κ3) is 1.35. The van der Waals surface area contributed by atoms with Crippen molar-refractivity contribution < 1.29 is 4.74 Å². The standard InChI is InChI=1S/C7H7NO/c1-9-7-4-2-6(8)3-5-7/h2-5H,1H3. The van der Waals surface area contributed by atoms with E-state index in [0.717, 1.165) is 5.75 Å². The molecule has 2 nitrogen and oxygen atoms in total. The molecule has 0 heterocycles. The molecule has 0 bridgehead atoms. The lowest BCUT2D eigenvalue weighted by molar-refractivity contribution is 0.415. The van der Waals surface area contributed by atoms with Gasteiger partial charge in [-0.05, 0) is 24.3 Å². The highest BCUT2D eigenvalue weighted by molar-refractivity contribution is 5.38. The summed E-state index contributed by atoms with van der Waals surface area (Å²) in [5.74, 6) is 0.757. The van der Waals surface area contributed by atoms with E-state index in [2.05, 4.69) is 0 Å². The first-order valence-electron chi connectivity index (χ1n) is 2.66. The second-order valence-electron chi connectivity index (χ2n) is 1.70. The second-order valence-corrected chi connectivity index (χ2v) is 1.70. The summed E-state index contributed by atoms with van der Waals surface area (Å²) >= 11 is 0. The number of rotatable bonds is 1. The van der Waals surface area contributed by atoms with Gasteiger partial charge >= 0.3 is 0 Å². The van der Waals surface area contributed by atoms with Crippen LogP contribution in [0.5, 0.6) is 5.75 Å². The third-order valence-corrected chi connectivity index (χ3v) is 1.07. The predicted molar refractivity (Wildman–Crippen MR) is 34.8 cm³/mol. The van der Waals surface area contributed by atoms with E-state index >= 15 is 0 Å². The van der Waals surface area contributed by atoms with Gasteiger partial charge in [0.1, 0.15) is 5.75 Å². The topological polar surface area (TPSA) is 31.5 Å². The number of ether oxygens (including phenoxy) is 1. The van der Waals surface area contributed by atoms with Crippen LogP contribution in [0.3, 0.4) is 0 Å². The average molecular weight is 121 g/mol. The Bertz CT molecular complexity index is 181. The van der Waals surface area contributed by atoms with E-state index < -0.39 is 0 Å². The molecule has 0 unspecified atom stereocenters. The fourth-order valence-corrected chi connectivity index (χ4v) is 0.582. The summed E-state index contributed by atoms with van der Waals surface area (Å²) in [6.45, 7) is 0. The minimum absolute atomic E-state index is 0.260. The lowest BCUT2D eigenvalue weighted by Gasteiger charge is -1.95. The summed E-state index contributed by atoms with van der Waals surface area (Å²) in [4.78, 5) is 0. The van der Waals surface area contributed by atoms with Crippen molar-refractivity contribution in [3.8, 4) is 5.75 Å². The zero-order valence-corrected chi connectivity index (χ0v) is 5.16. The Kier molecular flexibility index (Phi) is 1.58. The fraction of sp³-hybridized carbons (Fsp3) is 0.143. The molecule has 9 heavy (non-hydrogen) atoms. The Morgan fingerprint density at radius 1 is 1.22 bits per heavy atom. The van der Waals surface area contributed by atoms with Gasteiger partial charge in [0.15, 0.2) is 0 Å². The molecule has 2 radical (unpaired) electrons. The predicted octanol–water partition coefficient (Wildman–Crippen LogP) is 1.40. The van der Waals surface area contributed by atoms with E-state index in [0.29, 0.717) is 0 Å². The highest BCUT2D eigenvalue weighted by Gasteiger charge is 1.87. The summed E-state index contributed by atoms with van der Waals surface area (Å²) < 4.78 is 4.86. The van der Waals surface area contributed by atoms with Crippen LogP contribution >= 0.6 is 0 Å². The van der Waals surface area contributed by atoms with E-state index in [1.165, 1.54) is 0 Å². The second kappa shape index (κ2) is 2.40. The first kappa shape index (κ1) is 5.95. The van der Waals surface area contributed by atoms with Crippen molar-refractivity contribution in [2.75, 3.05) is 7.11 Å². The molecule has 0 saturated heterocycles. The quantitative estimate of drug-likeness (QED) is 0.552. The van der Waals surface area contributed by atoms with Crippen molar-refractivity contribution in [1.29, 1.82) is 0 Å². The Morgan fingerprint density at radius 2 is 1.78 bits per heavy atom. The van der Waals surface area contributed by atoms with Gasteiger partial charge < -0.3 is 4.74 Å². The molecule has 0 saturated carbocycles. The maximum absolute atomic E-state index is 8.80. The van der Waals surface area contributed by atoms with Crippen molar-refractivity contribution in [3.05, 3.63) is 24.3 Å². The number of benzene rings is 1. The van der Waals surface area contributed by atoms with Crippen LogP contribution < -0.4 is 10.5 Å². The SMILES string of the molecule is COc1ccc([N])cc1. The molecular weight excluding hydrogens is 114 g/mol. The van der Waals surface area contributed by atoms with Crippen molar-refractivity contribution in [2.45, 2.75) is 0 Å². The van der Waals surface area contributed by atoms with Gasteiger partial charge in [-0.2, -0.15) is 5.73 Å². The van der Waals surface area contributed by atoms with Crippen LogP contribution in [0.15, 0.2) is 24.3 Å². The van der Waals surface area contributed by atoms with Gasteiger partial charge in [-0.15, -0.1) is 0 Å². The molecule has 0 N–H and O–H groups in total. The van der Waals surface area contributed by atoms with E-state index in [-0.39, 0.29) is 5.69 Å². The minimum Gasteiger partial charge on any atom is -0.497 e. The van der Waals surface area contributed by atoms with Crippen LogP contribution in [0.4, 0.5) is 5.69 Å². The Labute approximate surface area is 54.2 Å². The summed E-state index contributed by atoms with van der Waals surface area (Å²) in [6.07, 6.45) is 0. The molecule has 0 aliphatic carbocycles. The minimum atomic E-state index is 0.260. The van der Waals surface area contributed by atoms with E-state index in [1.54, 1.807) is 31.4 Å². The summed E-state index contributed by atoms with van der Waals surface area (Å²) in [6, 6.07) is 6.57. The highest BCUT2D eigenvalue weighted by atomic mass is 16.5. The molecule has 0 amide bonds. The van der Waals surface area contributed by atoms with Crippen LogP contribution in [0.25, 0.3) is 0 Å². The van der Waals surface area contributed by atoms with Gasteiger partial charge in [0.25, 0.3) is 0 Å². The van der Waals surface area contributed by atoms with Crippen LogP contribution in [0.2, 0.25) is 0 Å². The molecule has 1 aromatic rings. The molecule has 0 spiro atoms. The molecule has 0 atom stereocenters. The zero-order chi connectivity index (χ0) is 6.69. The first-order chi connectivity index (χ1) is 4.33. The van der Waals surface area contributed by atoms with E-state index in [4.69, 9.17) is 10.5 Å². The summed E-state index contributed by atoms with van der Waals surface area (Å²) in [5.41, 5.74) is 9.06. The third-order valence-electron chi connectivity index (χ3n) is 1.07. The molecule has 2 heteroatoms. The molecule has 1 rings (SSSR count). The van der Waals surface area contributed by atoms with Gasteiger partial charge in [0, 0.05) is 0 Å². The van der Waals surface area contributed by atoms with Crippen molar-refractivity contribution in [1.82, 2.24) is 5.73 Å². The van der Waals surface area contributed by atoms with Crippen molar-refractivity contribution in [2.24, 2.45) is 0 Å². The maximum atomic E-state index is 8.80. The van der Waals surface area contributed by atoms with E-state index in [9.17, 15) is 0 Å². The molecule has 0 aliphatic heterocycles. The summed E-state index contributed by atoms with van der Waals surface area (Å²) in [7, 11) is 1.59. The van der Waals surface area contributed by atoms with Crippen molar-refractivity contribution in [3.63, 3.8) is 0 Å². The van der Waals surface area contributed by atoms with Crippen LogP contribution in [-0.2, 0) is 0 Å². The highest BCUT2D eigenvalue weighted by Crippen LogP contribution is 2.12. The summed E-state index contributed by atoms with van der Waals surface area (Å²) in [5, 5.41) is 0. The lowest BCUT2D eigenvalue weighted by atomic mass is 10.3. The monoisotopic (exact) mass is 121 g/mol. The zero-order valence-electron chi connectivity index (χ0n) is 5.16. The fourth-order valence-electron chi connectivity index (χ4n) is 0.582. The largest absolute Gasteiger partial charge is 0.497 e. The molecular formula is C7H7NO. The number of hydrogen-bond donors (Lipinski definition) is 0. The number of hydrogen-bond acceptors (Lipinski definition) is 1. The Balaban J connectivity index is 2.88. The Morgan fingerprint density at radius 3 is 2.22 bits per heavy atom. The van der Waals surface area contributed by atoms with Gasteiger partial charge in [0.2, 0.25) is 0 Å². The maximum Gasteiger partial charge on any atom is 0.119 e. The molecule has 0 fully saturated rings. The van der Waals surface area contributed by atoms with Crippen LogP contribution in [0.1, 0.15) is 0 Å². The molecule has 0 aromatic heterocycles. The van der Waals surface area contributed by atoms with Crippen molar-refractivity contribution >= 4 is 5.69 Å². The first-order valence-corrected chi connectivity index (χ1v) is 2.66. The van der Waals surface area contributed by atoms with Gasteiger partial charge in [-0.3, -0.25) is 0 Å². The van der Waals surface area contributed by atoms with Crippen LogP contribution in [-0.4, -0.2) is 7.11 Å². The molecule has 0 aliphatic rings. The smallest absolute Gasteiger partial charge is 0.119 e. The normalized spacial score (nSPS) is 9.00. The number of methoxy groups -OCH3 is 1. The molecule has 1 aromatic carbocycles. The average Bonchev–Trinajstić information content (AvgIpc) is 1.90. The lowest BCUT2D eigenvalue weighted by Crippen LogP contribution is -1.80. The van der Waals surface area contributed by atoms with Gasteiger partial charge in [0.05, 0.1) is 12.8 Å². The van der Waals surface area contributed by atoms with Gasteiger partial charge in [-0.1, -0.05) is 0 Å². The van der Waals surface area contributed by atoms with E-state index in [1.807, 2.05) is 0 Å². The Hall–Kier alpha value is -1.18.